The van der Waals surface area contributed by atoms with Crippen molar-refractivity contribution in [1.82, 2.24) is 4.57 Å². The van der Waals surface area contributed by atoms with Gasteiger partial charge < -0.3 is 4.57 Å². The van der Waals surface area contributed by atoms with Gasteiger partial charge in [-0.25, -0.2) is 0 Å². The Morgan fingerprint density at radius 3 is 1.42 bits per heavy atom. The van der Waals surface area contributed by atoms with Gasteiger partial charge in [-0.2, -0.15) is 19.0 Å². The van der Waals surface area contributed by atoms with Gasteiger partial charge in [0, 0.05) is 16.8 Å². The molecule has 0 aliphatic carbocycles. The molecule has 0 bridgehead atoms. The number of imidazole rings is 1. The molecule has 0 aliphatic heterocycles. The summed E-state index contributed by atoms with van der Waals surface area (Å²) in [6, 6.07) is 13.8. The molecule has 3 rings (SSSR count). The second kappa shape index (κ2) is 11.4. The van der Waals surface area contributed by atoms with Crippen molar-refractivity contribution in [3.8, 4) is 11.4 Å². The Morgan fingerprint density at radius 2 is 1.06 bits per heavy atom. The standard InChI is InChI=1S/C33H50BN2/c1-12-34(13-2,14-3)33-35(31-27(23(4)5)17-15-18-28(31)24(6)7)21-22-36(33)32-29(25(8)9)19-16-20-30(32)26(10)11/h15-21,23-26H,12-14H2,1-11H3/q-1. The number of rotatable bonds is 10. The average Bonchev–Trinajstić information content (AvgIpc) is 3.29. The molecule has 1 aromatic heterocycles. The first-order valence-electron chi connectivity index (χ1n) is 14.6. The molecule has 0 unspecified atom stereocenters. The molecule has 0 N–H and O–H groups in total. The Balaban J connectivity index is 2.56. The van der Waals surface area contributed by atoms with E-state index in [1.807, 2.05) is 0 Å². The van der Waals surface area contributed by atoms with E-state index in [2.05, 4.69) is 134 Å². The van der Waals surface area contributed by atoms with Crippen molar-refractivity contribution in [1.29, 1.82) is 0 Å². The minimum Gasteiger partial charge on any atom is -0.393 e. The van der Waals surface area contributed by atoms with Crippen LogP contribution in [0, 0.1) is 6.20 Å². The number of hydrogen-bond acceptors (Lipinski definition) is 0. The van der Waals surface area contributed by atoms with Gasteiger partial charge in [-0.15, -0.1) is 0 Å². The van der Waals surface area contributed by atoms with Crippen molar-refractivity contribution >= 4 is 11.9 Å². The van der Waals surface area contributed by atoms with Gasteiger partial charge in [0.25, 0.3) is 0 Å². The third-order valence-electron chi connectivity index (χ3n) is 8.83. The van der Waals surface area contributed by atoms with E-state index in [9.17, 15) is 0 Å². The van der Waals surface area contributed by atoms with Crippen LogP contribution < -0.4 is 10.3 Å². The number of hydrogen-bond donors (Lipinski definition) is 0. The van der Waals surface area contributed by atoms with E-state index in [-0.39, 0.29) is 0 Å². The van der Waals surface area contributed by atoms with Crippen molar-refractivity contribution in [2.75, 3.05) is 0 Å². The fourth-order valence-corrected chi connectivity index (χ4v) is 6.26. The largest absolute Gasteiger partial charge is 0.393 e. The molecule has 2 nitrogen and oxygen atoms in total. The summed E-state index contributed by atoms with van der Waals surface area (Å²) in [6.07, 6.45) is 8.75. The molecule has 3 aromatic rings. The first-order valence-corrected chi connectivity index (χ1v) is 14.6. The minimum absolute atomic E-state index is 0.441. The summed E-state index contributed by atoms with van der Waals surface area (Å²) in [4.78, 5) is 0. The molecule has 36 heavy (non-hydrogen) atoms. The zero-order valence-electron chi connectivity index (χ0n) is 24.9. The van der Waals surface area contributed by atoms with Gasteiger partial charge in [-0.3, -0.25) is 4.57 Å². The molecular formula is C33H50BN2-. The van der Waals surface area contributed by atoms with Crippen molar-refractivity contribution in [2.45, 2.75) is 119 Å². The summed E-state index contributed by atoms with van der Waals surface area (Å²) in [5, 5.41) is 0. The monoisotopic (exact) mass is 485 g/mol. The normalized spacial score (nSPS) is 12.5. The van der Waals surface area contributed by atoms with Crippen molar-refractivity contribution < 1.29 is 4.57 Å². The van der Waals surface area contributed by atoms with Crippen LogP contribution in [0.25, 0.3) is 11.4 Å². The predicted molar refractivity (Wildman–Crippen MR) is 159 cm³/mol. The molecule has 0 amide bonds. The van der Waals surface area contributed by atoms with Crippen molar-refractivity contribution in [3.63, 3.8) is 0 Å². The highest BCUT2D eigenvalue weighted by molar-refractivity contribution is 6.90. The molecule has 0 radical (unpaired) electrons. The molecule has 0 aliphatic rings. The van der Waals surface area contributed by atoms with Gasteiger partial charge in [-0.1, -0.05) is 124 Å². The highest BCUT2D eigenvalue weighted by Gasteiger charge is 2.31. The van der Waals surface area contributed by atoms with Crippen LogP contribution in [-0.2, 0) is 0 Å². The van der Waals surface area contributed by atoms with Gasteiger partial charge in [0.2, 0.25) is 0 Å². The van der Waals surface area contributed by atoms with Crippen LogP contribution in [0.5, 0.6) is 0 Å². The Morgan fingerprint density at radius 1 is 0.667 bits per heavy atom. The quantitative estimate of drug-likeness (QED) is 0.154. The van der Waals surface area contributed by atoms with Crippen molar-refractivity contribution in [3.05, 3.63) is 71.0 Å². The maximum absolute atomic E-state index is 3.82. The number of para-hydroxylation sites is 2. The smallest absolute Gasteiger partial charge is 0.123 e. The van der Waals surface area contributed by atoms with Crippen LogP contribution in [0.1, 0.15) is 122 Å². The summed E-state index contributed by atoms with van der Waals surface area (Å²) in [6.45, 7) is 25.8. The minimum atomic E-state index is -0.796. The molecule has 0 spiro atoms. The predicted octanol–water partition coefficient (Wildman–Crippen LogP) is 8.76. The van der Waals surface area contributed by atoms with E-state index < -0.39 is 6.15 Å². The van der Waals surface area contributed by atoms with Crippen LogP contribution in [0.4, 0.5) is 0 Å². The SMILES string of the molecule is CC[B-](CC)(CC)c1n(-c2c(C(C)C)cccc2C(C)C)c[c-][n+]1-c1c(C(C)C)cccc1C(C)C. The van der Waals surface area contributed by atoms with E-state index in [4.69, 9.17) is 0 Å². The first-order chi connectivity index (χ1) is 17.0. The molecule has 0 atom stereocenters. The van der Waals surface area contributed by atoms with E-state index >= 15 is 0 Å². The summed E-state index contributed by atoms with van der Waals surface area (Å²) in [5.41, 5.74) is 9.84. The number of nitrogens with zero attached hydrogens (tertiary/aromatic N) is 2. The second-order valence-electron chi connectivity index (χ2n) is 12.2. The first kappa shape index (κ1) is 28.3. The fourth-order valence-electron chi connectivity index (χ4n) is 6.26. The maximum atomic E-state index is 3.82. The molecule has 0 saturated heterocycles. The summed E-state index contributed by atoms with van der Waals surface area (Å²) >= 11 is 0. The topological polar surface area (TPSA) is 8.81 Å². The maximum Gasteiger partial charge on any atom is 0.123 e. The second-order valence-corrected chi connectivity index (χ2v) is 12.2. The van der Waals surface area contributed by atoms with Gasteiger partial charge in [-0.05, 0) is 29.4 Å². The summed E-state index contributed by atoms with van der Waals surface area (Å²) in [5.74, 6) is 1.78. The lowest BCUT2D eigenvalue weighted by Crippen LogP contribution is -2.64. The third kappa shape index (κ3) is 4.95. The van der Waals surface area contributed by atoms with Gasteiger partial charge in [0.1, 0.15) is 5.69 Å². The van der Waals surface area contributed by atoms with E-state index in [1.54, 1.807) is 0 Å². The zero-order chi connectivity index (χ0) is 26.8. The molecule has 0 fully saturated rings. The van der Waals surface area contributed by atoms with E-state index in [0.29, 0.717) is 23.7 Å². The molecule has 1 heterocycles. The Hall–Kier alpha value is -2.29. The average molecular weight is 486 g/mol. The third-order valence-corrected chi connectivity index (χ3v) is 8.83. The fraction of sp³-hybridized carbons (Fsp3) is 0.545. The van der Waals surface area contributed by atoms with Gasteiger partial charge >= 0.3 is 0 Å². The Bertz CT molecular complexity index is 1020. The lowest BCUT2D eigenvalue weighted by molar-refractivity contribution is -0.582. The van der Waals surface area contributed by atoms with E-state index in [1.165, 1.54) is 39.4 Å². The highest BCUT2D eigenvalue weighted by Crippen LogP contribution is 2.33. The summed E-state index contributed by atoms with van der Waals surface area (Å²) in [7, 11) is 0. The highest BCUT2D eigenvalue weighted by atomic mass is 15.2. The molecular weight excluding hydrogens is 435 g/mol. The van der Waals surface area contributed by atoms with Crippen molar-refractivity contribution in [2.24, 2.45) is 0 Å². The molecule has 3 heteroatoms. The van der Waals surface area contributed by atoms with Crippen LogP contribution in [0.15, 0.2) is 42.6 Å². The van der Waals surface area contributed by atoms with E-state index in [0.717, 1.165) is 19.0 Å². The van der Waals surface area contributed by atoms with Crippen LogP contribution in [0.2, 0.25) is 19.0 Å². The molecule has 2 aromatic carbocycles. The lowest BCUT2D eigenvalue weighted by atomic mass is 9.19. The Labute approximate surface area is 222 Å². The zero-order valence-corrected chi connectivity index (χ0v) is 24.9. The lowest BCUT2D eigenvalue weighted by Gasteiger charge is -2.41. The summed E-state index contributed by atoms with van der Waals surface area (Å²) < 4.78 is 5.05. The molecule has 0 saturated carbocycles. The van der Waals surface area contributed by atoms with Gasteiger partial charge in [0.05, 0.1) is 18.5 Å². The Kier molecular flexibility index (Phi) is 8.96. The van der Waals surface area contributed by atoms with Crippen LogP contribution in [0.3, 0.4) is 0 Å². The molecule has 196 valence electrons. The van der Waals surface area contributed by atoms with Gasteiger partial charge in [0.15, 0.2) is 0 Å². The number of aromatic nitrogens is 2. The van der Waals surface area contributed by atoms with Crippen LogP contribution >= 0.6 is 0 Å². The number of benzene rings is 2. The van der Waals surface area contributed by atoms with Crippen LogP contribution in [-0.4, -0.2) is 10.7 Å².